The Labute approximate surface area is 62.6 Å². The van der Waals surface area contributed by atoms with Crippen molar-refractivity contribution in [2.45, 2.75) is 18.6 Å². The zero-order chi connectivity index (χ0) is 8.48. The van der Waals surface area contributed by atoms with E-state index in [0.717, 1.165) is 0 Å². The second-order valence-corrected chi connectivity index (χ2v) is 2.46. The van der Waals surface area contributed by atoms with Crippen molar-refractivity contribution < 1.29 is 24.5 Å². The summed E-state index contributed by atoms with van der Waals surface area (Å²) in [6.45, 7) is 0.194. The first-order valence-corrected chi connectivity index (χ1v) is 3.16. The zero-order valence-electron chi connectivity index (χ0n) is 5.74. The molecule has 11 heavy (non-hydrogen) atoms. The minimum absolute atomic E-state index is 0.0676. The molecule has 2 N–H and O–H groups in total. The summed E-state index contributed by atoms with van der Waals surface area (Å²) < 4.78 is 4.54. The number of rotatable bonds is 4. The maximum Gasteiger partial charge on any atom is 0.372 e. The van der Waals surface area contributed by atoms with Gasteiger partial charge in [0, 0.05) is 12.8 Å². The Morgan fingerprint density at radius 1 is 1.55 bits per heavy atom. The lowest BCUT2D eigenvalue weighted by molar-refractivity contribution is -0.149. The van der Waals surface area contributed by atoms with Crippen LogP contribution in [0, 0.1) is 0 Å². The molecule has 1 atom stereocenters. The van der Waals surface area contributed by atoms with Gasteiger partial charge in [-0.15, -0.1) is 0 Å². The number of epoxide rings is 1. The number of hydrogen-bond donors (Lipinski definition) is 2. The largest absolute Gasteiger partial charge is 0.476 e. The van der Waals surface area contributed by atoms with Gasteiger partial charge in [0.2, 0.25) is 5.78 Å². The molecule has 1 heterocycles. The number of aliphatic hydroxyl groups is 1. The summed E-state index contributed by atoms with van der Waals surface area (Å²) in [5.74, 6) is -3.58. The van der Waals surface area contributed by atoms with Crippen molar-refractivity contribution in [2.24, 2.45) is 0 Å². The highest BCUT2D eigenvalue weighted by Gasteiger charge is 2.42. The number of ketones is 1. The lowest BCUT2D eigenvalue weighted by Crippen LogP contribution is -2.17. The highest BCUT2D eigenvalue weighted by molar-refractivity contribution is 6.32. The summed E-state index contributed by atoms with van der Waals surface area (Å²) in [5, 5.41) is 17.1. The van der Waals surface area contributed by atoms with Gasteiger partial charge in [0.15, 0.2) is 5.79 Å². The number of Topliss-reactive ketones (excluding diaryl/α,β-unsaturated/α-hetero) is 1. The lowest BCUT2D eigenvalue weighted by atomic mass is 10.1. The predicted molar refractivity (Wildman–Crippen MR) is 32.8 cm³/mol. The van der Waals surface area contributed by atoms with Crippen molar-refractivity contribution in [2.75, 3.05) is 6.61 Å². The van der Waals surface area contributed by atoms with Gasteiger partial charge in [0.1, 0.15) is 6.61 Å². The third-order valence-corrected chi connectivity index (χ3v) is 1.46. The normalized spacial score (nSPS) is 28.1. The first kappa shape index (κ1) is 8.16. The second-order valence-electron chi connectivity index (χ2n) is 2.46. The van der Waals surface area contributed by atoms with Gasteiger partial charge in [-0.3, -0.25) is 4.79 Å². The van der Waals surface area contributed by atoms with Crippen LogP contribution < -0.4 is 0 Å². The molecule has 0 aliphatic carbocycles. The van der Waals surface area contributed by atoms with Crippen LogP contribution in [0.15, 0.2) is 0 Å². The standard InChI is InChI=1S/C6H8O5/c7-4(5(8)9)1-2-6(10)3-11-6/h10H,1-3H2,(H,8,9)/t6-/m1/s1. The maximum absolute atomic E-state index is 10.5. The first-order chi connectivity index (χ1) is 5.03. The summed E-state index contributed by atoms with van der Waals surface area (Å²) in [6.07, 6.45) is -0.107. The van der Waals surface area contributed by atoms with Crippen molar-refractivity contribution in [1.29, 1.82) is 0 Å². The molecule has 0 spiro atoms. The topological polar surface area (TPSA) is 87.1 Å². The number of ether oxygens (including phenoxy) is 1. The van der Waals surface area contributed by atoms with E-state index in [1.807, 2.05) is 0 Å². The van der Waals surface area contributed by atoms with Crippen molar-refractivity contribution in [1.82, 2.24) is 0 Å². The molecule has 0 unspecified atom stereocenters. The molecule has 0 aromatic heterocycles. The minimum atomic E-state index is -1.46. The van der Waals surface area contributed by atoms with Crippen LogP contribution in [0.25, 0.3) is 0 Å². The Morgan fingerprint density at radius 3 is 2.45 bits per heavy atom. The Hall–Kier alpha value is -0.940. The van der Waals surface area contributed by atoms with Crippen molar-refractivity contribution in [3.8, 4) is 0 Å². The second kappa shape index (κ2) is 2.60. The van der Waals surface area contributed by atoms with Crippen LogP contribution in [-0.2, 0) is 14.3 Å². The Kier molecular flexibility index (Phi) is 1.92. The molecule has 1 aliphatic rings. The van der Waals surface area contributed by atoms with E-state index >= 15 is 0 Å². The molecular weight excluding hydrogens is 152 g/mol. The SMILES string of the molecule is O=C(O)C(=O)CC[C@]1(O)CO1. The van der Waals surface area contributed by atoms with Crippen molar-refractivity contribution in [3.05, 3.63) is 0 Å². The Bertz CT molecular complexity index is 193. The maximum atomic E-state index is 10.5. The number of aliphatic carboxylic acids is 1. The van der Waals surface area contributed by atoms with E-state index in [-0.39, 0.29) is 19.4 Å². The fourth-order valence-electron chi connectivity index (χ4n) is 0.643. The van der Waals surface area contributed by atoms with Gasteiger partial charge >= 0.3 is 5.97 Å². The van der Waals surface area contributed by atoms with E-state index in [0.29, 0.717) is 0 Å². The fourth-order valence-corrected chi connectivity index (χ4v) is 0.643. The molecule has 0 aromatic rings. The van der Waals surface area contributed by atoms with E-state index < -0.39 is 17.5 Å². The molecule has 0 aromatic carbocycles. The molecule has 62 valence electrons. The van der Waals surface area contributed by atoms with Gasteiger partial charge < -0.3 is 14.9 Å². The molecule has 1 fully saturated rings. The summed E-state index contributed by atoms with van der Waals surface area (Å²) in [4.78, 5) is 20.4. The molecular formula is C6H8O5. The molecule has 1 aliphatic heterocycles. The average molecular weight is 160 g/mol. The number of carbonyl (C=O) groups excluding carboxylic acids is 1. The van der Waals surface area contributed by atoms with E-state index in [4.69, 9.17) is 10.2 Å². The molecule has 0 radical (unpaired) electrons. The average Bonchev–Trinajstić information content (AvgIpc) is 2.64. The molecule has 0 amide bonds. The van der Waals surface area contributed by atoms with E-state index in [2.05, 4.69) is 4.74 Å². The molecule has 1 saturated heterocycles. The van der Waals surface area contributed by atoms with Gasteiger partial charge in [0.25, 0.3) is 0 Å². The molecule has 5 nitrogen and oxygen atoms in total. The minimum Gasteiger partial charge on any atom is -0.476 e. The molecule has 0 bridgehead atoms. The third-order valence-electron chi connectivity index (χ3n) is 1.46. The summed E-state index contributed by atoms with van der Waals surface area (Å²) >= 11 is 0. The monoisotopic (exact) mass is 160 g/mol. The summed E-state index contributed by atoms with van der Waals surface area (Å²) in [5.41, 5.74) is 0. The van der Waals surface area contributed by atoms with Crippen LogP contribution in [0.1, 0.15) is 12.8 Å². The van der Waals surface area contributed by atoms with E-state index in [1.54, 1.807) is 0 Å². The third kappa shape index (κ3) is 2.28. The van der Waals surface area contributed by atoms with Crippen molar-refractivity contribution in [3.63, 3.8) is 0 Å². The van der Waals surface area contributed by atoms with Crippen LogP contribution in [0.4, 0.5) is 0 Å². The Balaban J connectivity index is 2.22. The number of hydrogen-bond acceptors (Lipinski definition) is 4. The highest BCUT2D eigenvalue weighted by Crippen LogP contribution is 2.28. The highest BCUT2D eigenvalue weighted by atomic mass is 16.7. The van der Waals surface area contributed by atoms with Crippen LogP contribution in [0.3, 0.4) is 0 Å². The lowest BCUT2D eigenvalue weighted by Gasteiger charge is -1.99. The Morgan fingerprint density at radius 2 is 2.09 bits per heavy atom. The number of carboxylic acids is 1. The fraction of sp³-hybridized carbons (Fsp3) is 0.667. The van der Waals surface area contributed by atoms with Crippen molar-refractivity contribution >= 4 is 11.8 Å². The number of carboxylic acid groups (broad SMARTS) is 1. The molecule has 0 saturated carbocycles. The van der Waals surface area contributed by atoms with Gasteiger partial charge in [-0.25, -0.2) is 4.79 Å². The van der Waals surface area contributed by atoms with Crippen LogP contribution in [-0.4, -0.2) is 34.4 Å². The zero-order valence-corrected chi connectivity index (χ0v) is 5.74. The van der Waals surface area contributed by atoms with Gasteiger partial charge in [-0.2, -0.15) is 0 Å². The van der Waals surface area contributed by atoms with Gasteiger partial charge in [0.05, 0.1) is 0 Å². The predicted octanol–water partition coefficient (Wildman–Crippen LogP) is -0.861. The van der Waals surface area contributed by atoms with E-state index in [1.165, 1.54) is 0 Å². The van der Waals surface area contributed by atoms with E-state index in [9.17, 15) is 9.59 Å². The summed E-state index contributed by atoms with van der Waals surface area (Å²) in [7, 11) is 0. The van der Waals surface area contributed by atoms with Gasteiger partial charge in [-0.1, -0.05) is 0 Å². The van der Waals surface area contributed by atoms with Crippen LogP contribution in [0.2, 0.25) is 0 Å². The van der Waals surface area contributed by atoms with Crippen LogP contribution >= 0.6 is 0 Å². The number of carbonyl (C=O) groups is 2. The quantitative estimate of drug-likeness (QED) is 0.412. The first-order valence-electron chi connectivity index (χ1n) is 3.16. The van der Waals surface area contributed by atoms with Crippen LogP contribution in [0.5, 0.6) is 0 Å². The van der Waals surface area contributed by atoms with Gasteiger partial charge in [-0.05, 0) is 0 Å². The molecule has 1 rings (SSSR count). The molecule has 5 heteroatoms. The smallest absolute Gasteiger partial charge is 0.372 e. The summed E-state index contributed by atoms with van der Waals surface area (Å²) in [6, 6.07) is 0.